The first-order chi connectivity index (χ1) is 11.4. The van der Waals surface area contributed by atoms with E-state index in [0.29, 0.717) is 12.4 Å². The van der Waals surface area contributed by atoms with Gasteiger partial charge in [0.1, 0.15) is 5.52 Å². The molecule has 8 nitrogen and oxygen atoms in total. The molecule has 23 heavy (non-hydrogen) atoms. The van der Waals surface area contributed by atoms with E-state index in [-0.39, 0.29) is 6.10 Å². The first-order valence-corrected chi connectivity index (χ1v) is 7.57. The zero-order valence-corrected chi connectivity index (χ0v) is 12.5. The number of fused-ring (bicyclic) bond motifs is 1. The molecule has 1 aliphatic heterocycles. The first-order valence-electron chi connectivity index (χ1n) is 7.57. The molecule has 1 fully saturated rings. The highest BCUT2D eigenvalue weighted by molar-refractivity contribution is 5.88. The van der Waals surface area contributed by atoms with Crippen LogP contribution < -0.4 is 10.6 Å². The van der Waals surface area contributed by atoms with E-state index in [1.54, 1.807) is 18.6 Å². The van der Waals surface area contributed by atoms with Gasteiger partial charge in [0.25, 0.3) is 0 Å². The molecule has 3 aromatic heterocycles. The minimum Gasteiger partial charge on any atom is -0.374 e. The van der Waals surface area contributed by atoms with Crippen LogP contribution in [0.25, 0.3) is 22.3 Å². The van der Waals surface area contributed by atoms with E-state index in [4.69, 9.17) is 4.74 Å². The summed E-state index contributed by atoms with van der Waals surface area (Å²) in [6, 6.07) is 1.91. The number of rotatable bonds is 4. The van der Waals surface area contributed by atoms with Crippen LogP contribution in [0.3, 0.4) is 0 Å². The third-order valence-electron chi connectivity index (χ3n) is 3.75. The van der Waals surface area contributed by atoms with Crippen LogP contribution in [0.4, 0.5) is 5.82 Å². The summed E-state index contributed by atoms with van der Waals surface area (Å²) < 4.78 is 5.71. The van der Waals surface area contributed by atoms with E-state index >= 15 is 0 Å². The van der Waals surface area contributed by atoms with Crippen molar-refractivity contribution in [3.8, 4) is 11.3 Å². The molecule has 0 aromatic carbocycles. The molecule has 0 saturated carbocycles. The average molecular weight is 311 g/mol. The highest BCUT2D eigenvalue weighted by atomic mass is 16.5. The number of morpholine rings is 1. The fourth-order valence-corrected chi connectivity index (χ4v) is 2.60. The summed E-state index contributed by atoms with van der Waals surface area (Å²) in [7, 11) is 0. The molecule has 1 aliphatic rings. The van der Waals surface area contributed by atoms with Gasteiger partial charge in [0, 0.05) is 43.8 Å². The lowest BCUT2D eigenvalue weighted by atomic mass is 10.2. The van der Waals surface area contributed by atoms with Crippen molar-refractivity contribution in [2.75, 3.05) is 31.6 Å². The van der Waals surface area contributed by atoms with Crippen LogP contribution in [0.15, 0.2) is 30.9 Å². The van der Waals surface area contributed by atoms with Crippen molar-refractivity contribution in [1.82, 2.24) is 30.5 Å². The normalized spacial score (nSPS) is 18.2. The van der Waals surface area contributed by atoms with Gasteiger partial charge < -0.3 is 15.4 Å². The van der Waals surface area contributed by atoms with Gasteiger partial charge in [-0.1, -0.05) is 0 Å². The number of nitrogens with zero attached hydrogens (tertiary/aromatic N) is 4. The van der Waals surface area contributed by atoms with E-state index in [9.17, 15) is 0 Å². The highest BCUT2D eigenvalue weighted by Gasteiger charge is 2.15. The molecule has 3 aromatic rings. The number of aromatic nitrogens is 5. The molecule has 0 amide bonds. The Balaban J connectivity index is 1.66. The monoisotopic (exact) mass is 311 g/mol. The van der Waals surface area contributed by atoms with E-state index in [0.717, 1.165) is 42.0 Å². The standard InChI is InChI=1S/C15H17N7O/c1-2-18-14-13(17-1)5-12(10-6-20-21-7-10)22-15(14)19-9-11-8-16-3-4-23-11/h1-2,5-7,11,16H,3-4,8-9H2,(H,19,22)(H,20,21). The summed E-state index contributed by atoms with van der Waals surface area (Å²) in [5.74, 6) is 0.709. The summed E-state index contributed by atoms with van der Waals surface area (Å²) >= 11 is 0. The summed E-state index contributed by atoms with van der Waals surface area (Å²) in [5.41, 5.74) is 3.26. The van der Waals surface area contributed by atoms with Crippen molar-refractivity contribution in [2.24, 2.45) is 0 Å². The van der Waals surface area contributed by atoms with Crippen LogP contribution >= 0.6 is 0 Å². The number of hydrogen-bond donors (Lipinski definition) is 3. The number of H-pyrrole nitrogens is 1. The lowest BCUT2D eigenvalue weighted by Crippen LogP contribution is -2.42. The van der Waals surface area contributed by atoms with E-state index in [1.807, 2.05) is 12.3 Å². The Bertz CT molecular complexity index is 784. The zero-order valence-electron chi connectivity index (χ0n) is 12.5. The van der Waals surface area contributed by atoms with Crippen LogP contribution in [0.2, 0.25) is 0 Å². The van der Waals surface area contributed by atoms with Crippen LogP contribution in [-0.2, 0) is 4.74 Å². The number of pyridine rings is 1. The predicted octanol–water partition coefficient (Wildman–Crippen LogP) is 0.815. The summed E-state index contributed by atoms with van der Waals surface area (Å²) in [6.07, 6.45) is 7.02. The number of aromatic amines is 1. The van der Waals surface area contributed by atoms with Gasteiger partial charge in [-0.05, 0) is 6.07 Å². The Morgan fingerprint density at radius 1 is 1.30 bits per heavy atom. The van der Waals surface area contributed by atoms with Gasteiger partial charge in [-0.2, -0.15) is 5.10 Å². The zero-order chi connectivity index (χ0) is 15.5. The molecular formula is C15H17N7O. The molecule has 118 valence electrons. The number of anilines is 1. The molecule has 0 spiro atoms. The second-order valence-electron chi connectivity index (χ2n) is 5.34. The second-order valence-corrected chi connectivity index (χ2v) is 5.34. The largest absolute Gasteiger partial charge is 0.374 e. The quantitative estimate of drug-likeness (QED) is 0.655. The lowest BCUT2D eigenvalue weighted by Gasteiger charge is -2.24. The van der Waals surface area contributed by atoms with E-state index < -0.39 is 0 Å². The topological polar surface area (TPSA) is 101 Å². The number of ether oxygens (including phenoxy) is 1. The third-order valence-corrected chi connectivity index (χ3v) is 3.75. The molecule has 0 radical (unpaired) electrons. The molecular weight excluding hydrogens is 294 g/mol. The Morgan fingerprint density at radius 2 is 2.26 bits per heavy atom. The van der Waals surface area contributed by atoms with Gasteiger partial charge in [0.05, 0.1) is 30.1 Å². The molecule has 4 rings (SSSR count). The molecule has 1 atom stereocenters. The van der Waals surface area contributed by atoms with Gasteiger partial charge in [0.2, 0.25) is 0 Å². The van der Waals surface area contributed by atoms with Crippen molar-refractivity contribution in [2.45, 2.75) is 6.10 Å². The average Bonchev–Trinajstić information content (AvgIpc) is 3.15. The van der Waals surface area contributed by atoms with Crippen molar-refractivity contribution in [3.05, 3.63) is 30.9 Å². The van der Waals surface area contributed by atoms with Crippen molar-refractivity contribution in [1.29, 1.82) is 0 Å². The smallest absolute Gasteiger partial charge is 0.154 e. The minimum absolute atomic E-state index is 0.120. The third kappa shape index (κ3) is 2.99. The lowest BCUT2D eigenvalue weighted by molar-refractivity contribution is 0.0372. The maximum Gasteiger partial charge on any atom is 0.154 e. The van der Waals surface area contributed by atoms with Crippen LogP contribution in [-0.4, -0.2) is 57.5 Å². The number of hydrogen-bond acceptors (Lipinski definition) is 7. The van der Waals surface area contributed by atoms with Crippen molar-refractivity contribution < 1.29 is 4.74 Å². The Kier molecular flexibility index (Phi) is 3.83. The van der Waals surface area contributed by atoms with Gasteiger partial charge in [0.15, 0.2) is 5.82 Å². The predicted molar refractivity (Wildman–Crippen MR) is 86.0 cm³/mol. The fourth-order valence-electron chi connectivity index (χ4n) is 2.60. The maximum atomic E-state index is 5.71. The van der Waals surface area contributed by atoms with Gasteiger partial charge in [-0.15, -0.1) is 0 Å². The van der Waals surface area contributed by atoms with Crippen LogP contribution in [0, 0.1) is 0 Å². The maximum absolute atomic E-state index is 5.71. The molecule has 1 unspecified atom stereocenters. The molecule has 3 N–H and O–H groups in total. The summed E-state index contributed by atoms with van der Waals surface area (Å²) in [4.78, 5) is 13.5. The van der Waals surface area contributed by atoms with Crippen molar-refractivity contribution in [3.63, 3.8) is 0 Å². The molecule has 8 heteroatoms. The minimum atomic E-state index is 0.120. The van der Waals surface area contributed by atoms with Crippen LogP contribution in [0.1, 0.15) is 0 Å². The van der Waals surface area contributed by atoms with Gasteiger partial charge >= 0.3 is 0 Å². The summed E-state index contributed by atoms with van der Waals surface area (Å²) in [6.45, 7) is 3.13. The van der Waals surface area contributed by atoms with Gasteiger partial charge in [-0.3, -0.25) is 10.1 Å². The highest BCUT2D eigenvalue weighted by Crippen LogP contribution is 2.24. The molecule has 0 aliphatic carbocycles. The van der Waals surface area contributed by atoms with Crippen molar-refractivity contribution >= 4 is 16.9 Å². The summed E-state index contributed by atoms with van der Waals surface area (Å²) in [5, 5.41) is 13.4. The number of nitrogens with one attached hydrogen (secondary N) is 3. The second kappa shape index (κ2) is 6.27. The first kappa shape index (κ1) is 14.0. The molecule has 4 heterocycles. The Morgan fingerprint density at radius 3 is 3.09 bits per heavy atom. The molecule has 1 saturated heterocycles. The Labute approximate surface area is 132 Å². The SMILES string of the molecule is c1cnc2c(NCC3CNCCO3)nc(-c3cn[nH]c3)cc2n1. The van der Waals surface area contributed by atoms with E-state index in [2.05, 4.69) is 35.8 Å². The van der Waals surface area contributed by atoms with Crippen LogP contribution in [0.5, 0.6) is 0 Å². The van der Waals surface area contributed by atoms with Gasteiger partial charge in [-0.25, -0.2) is 9.97 Å². The Hall–Kier alpha value is -2.58. The van der Waals surface area contributed by atoms with E-state index in [1.165, 1.54) is 0 Å². The fraction of sp³-hybridized carbons (Fsp3) is 0.333. The molecule has 0 bridgehead atoms.